The molecule has 0 N–H and O–H groups in total. The van der Waals surface area contributed by atoms with E-state index in [2.05, 4.69) is 14.2 Å². The monoisotopic (exact) mass is 360 g/mol. The van der Waals surface area contributed by atoms with Crippen LogP contribution in [0, 0.1) is 0 Å². The second-order valence-corrected chi connectivity index (χ2v) is 5.54. The summed E-state index contributed by atoms with van der Waals surface area (Å²) in [5, 5.41) is 0. The highest BCUT2D eigenvalue weighted by atomic mass is 19.4. The molecule has 1 aliphatic heterocycles. The fourth-order valence-electron chi connectivity index (χ4n) is 2.09. The van der Waals surface area contributed by atoms with Crippen LogP contribution in [0.15, 0.2) is 0 Å². The van der Waals surface area contributed by atoms with Crippen molar-refractivity contribution in [3.63, 3.8) is 0 Å². The first-order chi connectivity index (χ1) is 10.8. The number of carbonyl (C=O) groups excluding carboxylic acids is 3. The Morgan fingerprint density at radius 3 is 1.92 bits per heavy atom. The Morgan fingerprint density at radius 2 is 1.50 bits per heavy atom. The van der Waals surface area contributed by atoms with E-state index in [1.807, 2.05) is 0 Å². The zero-order valence-electron chi connectivity index (χ0n) is 13.2. The molecule has 0 aliphatic carbocycles. The maximum atomic E-state index is 14.5. The summed E-state index contributed by atoms with van der Waals surface area (Å²) >= 11 is 0. The van der Waals surface area contributed by atoms with Gasteiger partial charge in [-0.3, -0.25) is 9.59 Å². The molecule has 0 spiro atoms. The average Bonchev–Trinajstić information content (AvgIpc) is 2.65. The van der Waals surface area contributed by atoms with E-state index >= 15 is 0 Å². The van der Waals surface area contributed by atoms with Gasteiger partial charge in [-0.1, -0.05) is 0 Å². The zero-order valence-corrected chi connectivity index (χ0v) is 13.2. The van der Waals surface area contributed by atoms with E-state index < -0.39 is 54.4 Å². The van der Waals surface area contributed by atoms with Crippen molar-refractivity contribution >= 4 is 17.9 Å². The molecule has 0 aromatic heterocycles. The van der Waals surface area contributed by atoms with Crippen LogP contribution in [-0.2, 0) is 33.3 Å². The quantitative estimate of drug-likeness (QED) is 0.426. The number of rotatable bonds is 4. The fourth-order valence-corrected chi connectivity index (χ4v) is 2.09. The molecule has 0 aromatic rings. The van der Waals surface area contributed by atoms with Crippen LogP contribution in [0.5, 0.6) is 0 Å². The minimum absolute atomic E-state index is 0.893. The van der Waals surface area contributed by atoms with Crippen LogP contribution < -0.4 is 0 Å². The summed E-state index contributed by atoms with van der Waals surface area (Å²) in [7, 11) is 0. The Balaban J connectivity index is 2.99. The van der Waals surface area contributed by atoms with Gasteiger partial charge in [0.25, 0.3) is 0 Å². The van der Waals surface area contributed by atoms with Crippen LogP contribution in [0.25, 0.3) is 0 Å². The smallest absolute Gasteiger partial charge is 0.453 e. The summed E-state index contributed by atoms with van der Waals surface area (Å²) in [4.78, 5) is 33.0. The SMILES string of the molecule is CC(=O)OC1O[C@H](C(C)(C)OC(=O)C(F)(F)F)[C@H](F)[C@H]1OC(C)=O. The highest BCUT2D eigenvalue weighted by molar-refractivity contribution is 5.76. The van der Waals surface area contributed by atoms with Crippen LogP contribution in [0.3, 0.4) is 0 Å². The average molecular weight is 360 g/mol. The molecular formula is C13H16F4O7. The van der Waals surface area contributed by atoms with Crippen molar-refractivity contribution in [2.24, 2.45) is 0 Å². The first-order valence-corrected chi connectivity index (χ1v) is 6.70. The summed E-state index contributed by atoms with van der Waals surface area (Å²) in [6.45, 7) is 3.90. The molecule has 1 unspecified atom stereocenters. The van der Waals surface area contributed by atoms with Crippen molar-refractivity contribution in [1.29, 1.82) is 0 Å². The summed E-state index contributed by atoms with van der Waals surface area (Å²) < 4.78 is 70.0. The van der Waals surface area contributed by atoms with E-state index in [0.29, 0.717) is 0 Å². The molecule has 1 fully saturated rings. The molecular weight excluding hydrogens is 344 g/mol. The van der Waals surface area contributed by atoms with Crippen molar-refractivity contribution in [2.45, 2.75) is 64.1 Å². The molecule has 0 amide bonds. The molecule has 1 rings (SSSR count). The van der Waals surface area contributed by atoms with E-state index in [9.17, 15) is 31.9 Å². The van der Waals surface area contributed by atoms with Gasteiger partial charge < -0.3 is 18.9 Å². The Hall–Kier alpha value is -1.91. The molecule has 0 saturated carbocycles. The molecule has 138 valence electrons. The van der Waals surface area contributed by atoms with Crippen LogP contribution in [-0.4, -0.2) is 54.4 Å². The highest BCUT2D eigenvalue weighted by Crippen LogP contribution is 2.36. The van der Waals surface area contributed by atoms with E-state index in [0.717, 1.165) is 27.7 Å². The van der Waals surface area contributed by atoms with Crippen LogP contribution in [0.2, 0.25) is 0 Å². The lowest BCUT2D eigenvalue weighted by Gasteiger charge is -2.31. The van der Waals surface area contributed by atoms with Crippen LogP contribution >= 0.6 is 0 Å². The Bertz CT molecular complexity index is 517. The molecule has 24 heavy (non-hydrogen) atoms. The number of alkyl halides is 4. The number of hydrogen-bond donors (Lipinski definition) is 0. The molecule has 1 saturated heterocycles. The molecule has 0 bridgehead atoms. The van der Waals surface area contributed by atoms with Gasteiger partial charge >= 0.3 is 24.1 Å². The van der Waals surface area contributed by atoms with Crippen LogP contribution in [0.4, 0.5) is 17.6 Å². The summed E-state index contributed by atoms with van der Waals surface area (Å²) in [5.74, 6) is -4.35. The first-order valence-electron chi connectivity index (χ1n) is 6.70. The Morgan fingerprint density at radius 1 is 1.00 bits per heavy atom. The topological polar surface area (TPSA) is 88.1 Å². The summed E-state index contributed by atoms with van der Waals surface area (Å²) in [6.07, 6.45) is -12.6. The van der Waals surface area contributed by atoms with E-state index in [-0.39, 0.29) is 0 Å². The number of carbonyl (C=O) groups is 3. The van der Waals surface area contributed by atoms with Gasteiger partial charge in [0.15, 0.2) is 12.3 Å². The lowest BCUT2D eigenvalue weighted by atomic mass is 9.96. The lowest BCUT2D eigenvalue weighted by molar-refractivity contribution is -0.231. The molecule has 0 aromatic carbocycles. The van der Waals surface area contributed by atoms with Crippen molar-refractivity contribution < 1.29 is 50.9 Å². The van der Waals surface area contributed by atoms with Gasteiger partial charge in [0.05, 0.1) is 0 Å². The number of esters is 3. The van der Waals surface area contributed by atoms with E-state index in [1.54, 1.807) is 0 Å². The minimum Gasteiger partial charge on any atom is -0.453 e. The van der Waals surface area contributed by atoms with Gasteiger partial charge in [-0.25, -0.2) is 9.18 Å². The number of ether oxygens (including phenoxy) is 4. The third-order valence-corrected chi connectivity index (χ3v) is 3.01. The van der Waals surface area contributed by atoms with Gasteiger partial charge in [0.2, 0.25) is 6.29 Å². The van der Waals surface area contributed by atoms with Gasteiger partial charge in [-0.2, -0.15) is 13.2 Å². The summed E-state index contributed by atoms with van der Waals surface area (Å²) in [5.41, 5.74) is -2.08. The zero-order chi connectivity index (χ0) is 18.9. The maximum absolute atomic E-state index is 14.5. The first kappa shape index (κ1) is 20.1. The van der Waals surface area contributed by atoms with Crippen molar-refractivity contribution in [1.82, 2.24) is 0 Å². The van der Waals surface area contributed by atoms with Gasteiger partial charge in [0.1, 0.15) is 11.7 Å². The third-order valence-electron chi connectivity index (χ3n) is 3.01. The van der Waals surface area contributed by atoms with E-state index in [1.165, 1.54) is 0 Å². The van der Waals surface area contributed by atoms with Gasteiger partial charge in [0, 0.05) is 13.8 Å². The minimum atomic E-state index is -5.29. The predicted molar refractivity (Wildman–Crippen MR) is 67.1 cm³/mol. The third kappa shape index (κ3) is 4.79. The fraction of sp³-hybridized carbons (Fsp3) is 0.769. The second kappa shape index (κ2) is 6.91. The molecule has 11 heteroatoms. The molecule has 1 aliphatic rings. The second-order valence-electron chi connectivity index (χ2n) is 5.54. The largest absolute Gasteiger partial charge is 0.490 e. The standard InChI is InChI=1S/C13H16F4O7/c1-5(18)21-8-7(14)9(23-10(8)22-6(2)19)12(3,4)24-11(20)13(15,16)17/h7-10H,1-4H3/t7-,8-,9+,10?/m1/s1. The lowest BCUT2D eigenvalue weighted by Crippen LogP contribution is -2.48. The van der Waals surface area contributed by atoms with Crippen molar-refractivity contribution in [2.75, 3.05) is 0 Å². The number of hydrogen-bond acceptors (Lipinski definition) is 7. The Kier molecular flexibility index (Phi) is 5.80. The van der Waals surface area contributed by atoms with Crippen LogP contribution in [0.1, 0.15) is 27.7 Å². The molecule has 1 heterocycles. The molecule has 4 atom stereocenters. The Labute approximate surface area is 134 Å². The normalized spacial score (nSPS) is 27.5. The summed E-state index contributed by atoms with van der Waals surface area (Å²) in [6, 6.07) is 0. The highest BCUT2D eigenvalue weighted by Gasteiger charge is 2.57. The molecule has 0 radical (unpaired) electrons. The predicted octanol–water partition coefficient (Wildman–Crippen LogP) is 1.43. The van der Waals surface area contributed by atoms with Crippen molar-refractivity contribution in [3.8, 4) is 0 Å². The van der Waals surface area contributed by atoms with Gasteiger partial charge in [-0.05, 0) is 13.8 Å². The van der Waals surface area contributed by atoms with Crippen molar-refractivity contribution in [3.05, 3.63) is 0 Å². The maximum Gasteiger partial charge on any atom is 0.490 e. The van der Waals surface area contributed by atoms with Gasteiger partial charge in [-0.15, -0.1) is 0 Å². The number of halogens is 4. The van der Waals surface area contributed by atoms with E-state index in [4.69, 9.17) is 4.74 Å². The molecule has 7 nitrogen and oxygen atoms in total.